The second kappa shape index (κ2) is 7.09. The number of hydrogen-bond acceptors (Lipinski definition) is 3. The molecule has 0 fully saturated rings. The molecule has 0 atom stereocenters. The minimum absolute atomic E-state index is 0. The molecule has 0 radical (unpaired) electrons. The molecule has 17 heavy (non-hydrogen) atoms. The average molecular weight is 254 g/mol. The van der Waals surface area contributed by atoms with Crippen LogP contribution >= 0.6 is 12.4 Å². The fourth-order valence-electron chi connectivity index (χ4n) is 1.62. The van der Waals surface area contributed by atoms with E-state index >= 15 is 0 Å². The molecule has 0 aromatic heterocycles. The van der Waals surface area contributed by atoms with Crippen molar-refractivity contribution in [3.05, 3.63) is 47.5 Å². The molecule has 0 amide bonds. The van der Waals surface area contributed by atoms with E-state index in [0.29, 0.717) is 6.61 Å². The van der Waals surface area contributed by atoms with Gasteiger partial charge in [-0.15, -0.1) is 12.4 Å². The first-order valence-electron chi connectivity index (χ1n) is 5.47. The number of hydrogen-bond donors (Lipinski definition) is 1. The van der Waals surface area contributed by atoms with Gasteiger partial charge in [-0.25, -0.2) is 4.79 Å². The van der Waals surface area contributed by atoms with Gasteiger partial charge in [-0.3, -0.25) is 0 Å². The van der Waals surface area contributed by atoms with E-state index in [9.17, 15) is 4.79 Å². The van der Waals surface area contributed by atoms with Crippen LogP contribution in [0, 0.1) is 0 Å². The summed E-state index contributed by atoms with van der Waals surface area (Å²) in [5.41, 5.74) is 1.81. The van der Waals surface area contributed by atoms with Gasteiger partial charge in [-0.2, -0.15) is 0 Å². The molecule has 1 N–H and O–H groups in total. The van der Waals surface area contributed by atoms with Crippen LogP contribution in [-0.2, 0) is 16.1 Å². The van der Waals surface area contributed by atoms with Gasteiger partial charge in [-0.1, -0.05) is 36.4 Å². The number of ether oxygens (including phenoxy) is 1. The van der Waals surface area contributed by atoms with Crippen molar-refractivity contribution < 1.29 is 9.53 Å². The lowest BCUT2D eigenvalue weighted by atomic mass is 10.1. The molecule has 92 valence electrons. The Bertz CT molecular complexity index is 390. The van der Waals surface area contributed by atoms with Crippen molar-refractivity contribution in [1.29, 1.82) is 0 Å². The zero-order valence-electron chi connectivity index (χ0n) is 9.52. The van der Waals surface area contributed by atoms with Gasteiger partial charge in [0, 0.05) is 12.1 Å². The molecule has 3 nitrogen and oxygen atoms in total. The fraction of sp³-hybridized carbons (Fsp3) is 0.308. The summed E-state index contributed by atoms with van der Waals surface area (Å²) in [6.45, 7) is 1.96. The highest BCUT2D eigenvalue weighted by atomic mass is 35.5. The van der Waals surface area contributed by atoms with Crippen molar-refractivity contribution in [3.8, 4) is 0 Å². The third-order valence-corrected chi connectivity index (χ3v) is 2.54. The molecule has 1 aromatic carbocycles. The first kappa shape index (κ1) is 13.7. The maximum atomic E-state index is 11.7. The Labute approximate surface area is 107 Å². The molecule has 1 heterocycles. The highest BCUT2D eigenvalue weighted by Crippen LogP contribution is 2.09. The summed E-state index contributed by atoms with van der Waals surface area (Å²) >= 11 is 0. The highest BCUT2D eigenvalue weighted by molar-refractivity contribution is 5.88. The second-order valence-corrected chi connectivity index (χ2v) is 3.75. The minimum atomic E-state index is -0.189. The molecule has 0 unspecified atom stereocenters. The standard InChI is InChI=1S/C13H15NO2.ClH/c15-13(12-6-8-14-9-7-12)16-10-11-4-2-1-3-5-11;/h1-6,14H,7-10H2;1H. The maximum Gasteiger partial charge on any atom is 0.334 e. The van der Waals surface area contributed by atoms with Crippen molar-refractivity contribution in [2.75, 3.05) is 13.1 Å². The van der Waals surface area contributed by atoms with Crippen LogP contribution in [0.5, 0.6) is 0 Å². The number of nitrogens with one attached hydrogen (secondary N) is 1. The van der Waals surface area contributed by atoms with Crippen LogP contribution in [0.4, 0.5) is 0 Å². The molecule has 1 aliphatic heterocycles. The minimum Gasteiger partial charge on any atom is -0.457 e. The van der Waals surface area contributed by atoms with Crippen molar-refractivity contribution in [2.24, 2.45) is 0 Å². The van der Waals surface area contributed by atoms with Crippen molar-refractivity contribution >= 4 is 18.4 Å². The normalized spacial score (nSPS) is 14.5. The van der Waals surface area contributed by atoms with Crippen LogP contribution in [0.2, 0.25) is 0 Å². The van der Waals surface area contributed by atoms with E-state index in [2.05, 4.69) is 5.32 Å². The molecular weight excluding hydrogens is 238 g/mol. The van der Waals surface area contributed by atoms with Gasteiger partial charge in [0.1, 0.15) is 6.61 Å². The van der Waals surface area contributed by atoms with Gasteiger partial charge >= 0.3 is 5.97 Å². The summed E-state index contributed by atoms with van der Waals surface area (Å²) in [5.74, 6) is -0.189. The molecule has 0 saturated carbocycles. The Morgan fingerprint density at radius 2 is 2.06 bits per heavy atom. The third-order valence-electron chi connectivity index (χ3n) is 2.54. The molecule has 0 saturated heterocycles. The van der Waals surface area contributed by atoms with E-state index < -0.39 is 0 Å². The van der Waals surface area contributed by atoms with E-state index in [1.54, 1.807) is 0 Å². The molecule has 0 aliphatic carbocycles. The molecule has 2 rings (SSSR count). The summed E-state index contributed by atoms with van der Waals surface area (Å²) in [6, 6.07) is 9.72. The van der Waals surface area contributed by atoms with Crippen molar-refractivity contribution in [3.63, 3.8) is 0 Å². The van der Waals surface area contributed by atoms with E-state index in [0.717, 1.165) is 30.6 Å². The molecule has 4 heteroatoms. The quantitative estimate of drug-likeness (QED) is 0.839. The van der Waals surface area contributed by atoms with Crippen LogP contribution in [0.25, 0.3) is 0 Å². The first-order chi connectivity index (χ1) is 7.86. The van der Waals surface area contributed by atoms with Gasteiger partial charge in [0.25, 0.3) is 0 Å². The van der Waals surface area contributed by atoms with E-state index in [-0.39, 0.29) is 18.4 Å². The Kier molecular flexibility index (Phi) is 5.73. The van der Waals surface area contributed by atoms with Crippen molar-refractivity contribution in [1.82, 2.24) is 5.32 Å². The average Bonchev–Trinajstić information content (AvgIpc) is 2.38. The molecule has 0 spiro atoms. The SMILES string of the molecule is Cl.O=C(OCc1ccccc1)C1=CCNCC1. The van der Waals surface area contributed by atoms with Crippen LogP contribution in [0.1, 0.15) is 12.0 Å². The van der Waals surface area contributed by atoms with Crippen molar-refractivity contribution in [2.45, 2.75) is 13.0 Å². The first-order valence-corrected chi connectivity index (χ1v) is 5.47. The summed E-state index contributed by atoms with van der Waals surface area (Å²) in [4.78, 5) is 11.7. The van der Waals surface area contributed by atoms with Crippen LogP contribution in [-0.4, -0.2) is 19.1 Å². The lowest BCUT2D eigenvalue weighted by Gasteiger charge is -2.13. The number of esters is 1. The lowest BCUT2D eigenvalue weighted by molar-refractivity contribution is -0.140. The zero-order chi connectivity index (χ0) is 11.2. The molecule has 0 bridgehead atoms. The third kappa shape index (κ3) is 4.21. The monoisotopic (exact) mass is 253 g/mol. The molecule has 1 aromatic rings. The Morgan fingerprint density at radius 3 is 2.71 bits per heavy atom. The van der Waals surface area contributed by atoms with Gasteiger partial charge in [0.05, 0.1) is 0 Å². The molecular formula is C13H16ClNO2. The van der Waals surface area contributed by atoms with E-state index in [1.165, 1.54) is 0 Å². The largest absolute Gasteiger partial charge is 0.457 e. The van der Waals surface area contributed by atoms with Crippen LogP contribution < -0.4 is 5.32 Å². The Morgan fingerprint density at radius 1 is 1.29 bits per heavy atom. The Balaban J connectivity index is 0.00000144. The summed E-state index contributed by atoms with van der Waals surface area (Å²) in [5, 5.41) is 3.16. The topological polar surface area (TPSA) is 38.3 Å². The summed E-state index contributed by atoms with van der Waals surface area (Å²) in [7, 11) is 0. The summed E-state index contributed by atoms with van der Waals surface area (Å²) in [6.07, 6.45) is 2.66. The van der Waals surface area contributed by atoms with E-state index in [4.69, 9.17) is 4.74 Å². The predicted octanol–water partition coefficient (Wildman–Crippen LogP) is 2.07. The van der Waals surface area contributed by atoms with Crippen LogP contribution in [0.3, 0.4) is 0 Å². The zero-order valence-corrected chi connectivity index (χ0v) is 10.3. The predicted molar refractivity (Wildman–Crippen MR) is 69.1 cm³/mol. The fourth-order valence-corrected chi connectivity index (χ4v) is 1.62. The lowest BCUT2D eigenvalue weighted by Crippen LogP contribution is -2.24. The maximum absolute atomic E-state index is 11.7. The highest BCUT2D eigenvalue weighted by Gasteiger charge is 2.12. The van der Waals surface area contributed by atoms with Gasteiger partial charge in [0.2, 0.25) is 0 Å². The van der Waals surface area contributed by atoms with Gasteiger partial charge in [0.15, 0.2) is 0 Å². The van der Waals surface area contributed by atoms with Crippen LogP contribution in [0.15, 0.2) is 42.0 Å². The molecule has 1 aliphatic rings. The Hall–Kier alpha value is -1.32. The number of carbonyl (C=O) groups excluding carboxylic acids is 1. The smallest absolute Gasteiger partial charge is 0.334 e. The second-order valence-electron chi connectivity index (χ2n) is 3.75. The van der Waals surface area contributed by atoms with Gasteiger partial charge in [-0.05, 0) is 18.5 Å². The number of benzene rings is 1. The van der Waals surface area contributed by atoms with Gasteiger partial charge < -0.3 is 10.1 Å². The van der Waals surface area contributed by atoms with E-state index in [1.807, 2.05) is 36.4 Å². The number of rotatable bonds is 3. The number of carbonyl (C=O) groups is 1. The number of halogens is 1. The summed E-state index contributed by atoms with van der Waals surface area (Å²) < 4.78 is 5.23.